The van der Waals surface area contributed by atoms with E-state index in [9.17, 15) is 14.0 Å². The number of Topliss-reactive ketones (excluding diaryl/α,β-unsaturated/α-hetero) is 1. The summed E-state index contributed by atoms with van der Waals surface area (Å²) < 4.78 is 14.3. The lowest BCUT2D eigenvalue weighted by molar-refractivity contribution is -0.131. The van der Waals surface area contributed by atoms with Gasteiger partial charge >= 0.3 is 0 Å². The summed E-state index contributed by atoms with van der Waals surface area (Å²) in [5.41, 5.74) is 1.53. The second kappa shape index (κ2) is 7.56. The van der Waals surface area contributed by atoms with Crippen LogP contribution in [0.4, 0.5) is 4.39 Å². The first-order valence-electron chi connectivity index (χ1n) is 9.02. The Morgan fingerprint density at radius 1 is 1.11 bits per heavy atom. The lowest BCUT2D eigenvalue weighted by atomic mass is 9.92. The van der Waals surface area contributed by atoms with Crippen molar-refractivity contribution in [3.8, 4) is 0 Å². The number of hydrogen-bond donors (Lipinski definition) is 0. The molecule has 1 fully saturated rings. The normalized spacial score (nSPS) is 15.2. The van der Waals surface area contributed by atoms with Gasteiger partial charge in [0.05, 0.1) is 16.6 Å². The van der Waals surface area contributed by atoms with Crippen molar-refractivity contribution in [2.24, 2.45) is 5.92 Å². The van der Waals surface area contributed by atoms with Crippen molar-refractivity contribution < 1.29 is 14.0 Å². The van der Waals surface area contributed by atoms with Crippen LogP contribution >= 0.6 is 11.3 Å². The zero-order chi connectivity index (χ0) is 18.8. The molecule has 1 aliphatic rings. The molecule has 2 aromatic carbocycles. The summed E-state index contributed by atoms with van der Waals surface area (Å²) >= 11 is 1.43. The summed E-state index contributed by atoms with van der Waals surface area (Å²) in [6.07, 6.45) is 1.47. The topological polar surface area (TPSA) is 50.3 Å². The van der Waals surface area contributed by atoms with Crippen LogP contribution in [0.15, 0.2) is 48.5 Å². The van der Waals surface area contributed by atoms with Gasteiger partial charge < -0.3 is 4.90 Å². The van der Waals surface area contributed by atoms with Gasteiger partial charge in [0.25, 0.3) is 0 Å². The van der Waals surface area contributed by atoms with E-state index in [2.05, 4.69) is 4.98 Å². The Morgan fingerprint density at radius 2 is 1.89 bits per heavy atom. The molecular formula is C21H19FN2O2S. The van der Waals surface area contributed by atoms with Crippen LogP contribution in [0.5, 0.6) is 0 Å². The molecule has 6 heteroatoms. The first-order chi connectivity index (χ1) is 13.1. The van der Waals surface area contributed by atoms with E-state index in [0.29, 0.717) is 36.5 Å². The Morgan fingerprint density at radius 3 is 2.63 bits per heavy atom. The van der Waals surface area contributed by atoms with Gasteiger partial charge in [0.15, 0.2) is 10.8 Å². The number of hydrogen-bond acceptors (Lipinski definition) is 4. The SMILES string of the molecule is O=C(c1nc2ccccc2s1)C1CCN(C(=O)Cc2cccc(F)c2)CC1. The standard InChI is InChI=1S/C21H19FN2O2S/c22-16-5-3-4-14(12-16)13-19(25)24-10-8-15(9-11-24)20(26)21-23-17-6-1-2-7-18(17)27-21/h1-7,12,15H,8-11,13H2. The van der Waals surface area contributed by atoms with Crippen molar-refractivity contribution in [2.75, 3.05) is 13.1 Å². The number of para-hydroxylation sites is 1. The molecule has 1 aromatic heterocycles. The molecule has 0 atom stereocenters. The molecule has 0 bridgehead atoms. The number of amides is 1. The number of ketones is 1. The molecule has 0 saturated carbocycles. The van der Waals surface area contributed by atoms with Gasteiger partial charge in [-0.25, -0.2) is 9.37 Å². The highest BCUT2D eigenvalue weighted by molar-refractivity contribution is 7.20. The van der Waals surface area contributed by atoms with Crippen molar-refractivity contribution in [1.29, 1.82) is 0 Å². The number of halogens is 1. The van der Waals surface area contributed by atoms with Gasteiger partial charge in [-0.05, 0) is 42.7 Å². The van der Waals surface area contributed by atoms with Crippen molar-refractivity contribution >= 4 is 33.2 Å². The molecule has 2 heterocycles. The molecule has 0 spiro atoms. The minimum Gasteiger partial charge on any atom is -0.342 e. The Hall–Kier alpha value is -2.60. The fourth-order valence-electron chi connectivity index (χ4n) is 3.48. The maximum absolute atomic E-state index is 13.3. The Labute approximate surface area is 160 Å². The number of benzene rings is 2. The number of carbonyl (C=O) groups is 2. The van der Waals surface area contributed by atoms with Crippen molar-refractivity contribution in [1.82, 2.24) is 9.88 Å². The van der Waals surface area contributed by atoms with Crippen molar-refractivity contribution in [3.63, 3.8) is 0 Å². The number of piperidine rings is 1. The molecule has 1 amide bonds. The molecule has 0 aliphatic carbocycles. The fourth-order valence-corrected chi connectivity index (χ4v) is 4.46. The predicted octanol–water partition coefficient (Wildman–Crippen LogP) is 4.10. The summed E-state index contributed by atoms with van der Waals surface area (Å²) in [5, 5.41) is 0.556. The zero-order valence-electron chi connectivity index (χ0n) is 14.7. The Kier molecular flexibility index (Phi) is 4.99. The van der Waals surface area contributed by atoms with Gasteiger partial charge in [0, 0.05) is 19.0 Å². The van der Waals surface area contributed by atoms with E-state index in [4.69, 9.17) is 0 Å². The van der Waals surface area contributed by atoms with Crippen LogP contribution < -0.4 is 0 Å². The smallest absolute Gasteiger partial charge is 0.226 e. The van der Waals surface area contributed by atoms with E-state index in [1.807, 2.05) is 24.3 Å². The van der Waals surface area contributed by atoms with Gasteiger partial charge in [0.1, 0.15) is 5.82 Å². The van der Waals surface area contributed by atoms with Crippen LogP contribution in [0, 0.1) is 11.7 Å². The van der Waals surface area contributed by atoms with Crippen LogP contribution in [0.25, 0.3) is 10.2 Å². The third-order valence-electron chi connectivity index (χ3n) is 4.97. The van der Waals surface area contributed by atoms with E-state index < -0.39 is 0 Å². The number of likely N-dealkylation sites (tertiary alicyclic amines) is 1. The average molecular weight is 382 g/mol. The van der Waals surface area contributed by atoms with Crippen molar-refractivity contribution in [2.45, 2.75) is 19.3 Å². The molecule has 0 N–H and O–H groups in total. The number of rotatable bonds is 4. The second-order valence-electron chi connectivity index (χ2n) is 6.81. The average Bonchev–Trinajstić information content (AvgIpc) is 3.12. The lowest BCUT2D eigenvalue weighted by Gasteiger charge is -2.31. The molecular weight excluding hydrogens is 363 g/mol. The third kappa shape index (κ3) is 3.90. The van der Waals surface area contributed by atoms with Crippen LogP contribution in [0.2, 0.25) is 0 Å². The largest absolute Gasteiger partial charge is 0.342 e. The van der Waals surface area contributed by atoms with Gasteiger partial charge in [0.2, 0.25) is 5.91 Å². The van der Waals surface area contributed by atoms with Crippen LogP contribution in [0.3, 0.4) is 0 Å². The van der Waals surface area contributed by atoms with Crippen LogP contribution in [-0.2, 0) is 11.2 Å². The molecule has 27 heavy (non-hydrogen) atoms. The first-order valence-corrected chi connectivity index (χ1v) is 9.84. The molecule has 4 nitrogen and oxygen atoms in total. The molecule has 0 unspecified atom stereocenters. The summed E-state index contributed by atoms with van der Waals surface area (Å²) in [5.74, 6) is -0.371. The molecule has 138 valence electrons. The molecule has 1 saturated heterocycles. The summed E-state index contributed by atoms with van der Waals surface area (Å²) in [6, 6.07) is 13.9. The minimum absolute atomic E-state index is 0.0218. The van der Waals surface area contributed by atoms with Gasteiger partial charge in [-0.15, -0.1) is 11.3 Å². The predicted molar refractivity (Wildman–Crippen MR) is 103 cm³/mol. The van der Waals surface area contributed by atoms with E-state index in [-0.39, 0.29) is 29.8 Å². The first kappa shape index (κ1) is 17.8. The number of thiazole rings is 1. The molecule has 3 aromatic rings. The van der Waals surface area contributed by atoms with E-state index in [1.165, 1.54) is 23.5 Å². The maximum Gasteiger partial charge on any atom is 0.226 e. The molecule has 4 rings (SSSR count). The Balaban J connectivity index is 1.36. The number of carbonyl (C=O) groups excluding carboxylic acids is 2. The summed E-state index contributed by atoms with van der Waals surface area (Å²) in [7, 11) is 0. The highest BCUT2D eigenvalue weighted by Gasteiger charge is 2.29. The third-order valence-corrected chi connectivity index (χ3v) is 6.02. The van der Waals surface area contributed by atoms with E-state index >= 15 is 0 Å². The lowest BCUT2D eigenvalue weighted by Crippen LogP contribution is -2.41. The van der Waals surface area contributed by atoms with Gasteiger partial charge in [-0.3, -0.25) is 9.59 Å². The maximum atomic E-state index is 13.3. The highest BCUT2D eigenvalue weighted by Crippen LogP contribution is 2.27. The second-order valence-corrected chi connectivity index (χ2v) is 7.84. The molecule has 1 aliphatic heterocycles. The number of nitrogens with zero attached hydrogens (tertiary/aromatic N) is 2. The monoisotopic (exact) mass is 382 g/mol. The summed E-state index contributed by atoms with van der Waals surface area (Å²) in [6.45, 7) is 1.10. The summed E-state index contributed by atoms with van der Waals surface area (Å²) in [4.78, 5) is 31.5. The quantitative estimate of drug-likeness (QED) is 0.639. The number of fused-ring (bicyclic) bond motifs is 1. The Bertz CT molecular complexity index is 960. The van der Waals surface area contributed by atoms with E-state index in [0.717, 1.165) is 10.2 Å². The minimum atomic E-state index is -0.333. The van der Waals surface area contributed by atoms with Crippen LogP contribution in [0.1, 0.15) is 28.2 Å². The zero-order valence-corrected chi connectivity index (χ0v) is 15.5. The fraction of sp³-hybridized carbons (Fsp3) is 0.286. The van der Waals surface area contributed by atoms with Gasteiger partial charge in [-0.2, -0.15) is 0 Å². The van der Waals surface area contributed by atoms with Crippen LogP contribution in [-0.4, -0.2) is 34.7 Å². The van der Waals surface area contributed by atoms with Crippen molar-refractivity contribution in [3.05, 3.63) is 64.9 Å². The highest BCUT2D eigenvalue weighted by atomic mass is 32.1. The molecule has 0 radical (unpaired) electrons. The number of aromatic nitrogens is 1. The van der Waals surface area contributed by atoms with E-state index in [1.54, 1.807) is 17.0 Å². The van der Waals surface area contributed by atoms with Gasteiger partial charge in [-0.1, -0.05) is 24.3 Å².